The van der Waals surface area contributed by atoms with Crippen molar-refractivity contribution in [3.8, 4) is 17.2 Å². The molecule has 2 heterocycles. The Morgan fingerprint density at radius 3 is 1.62 bits per heavy atom. The molecule has 0 bridgehead atoms. The van der Waals surface area contributed by atoms with Crippen LogP contribution in [0.15, 0.2) is 102 Å². The van der Waals surface area contributed by atoms with Crippen LogP contribution in [0.1, 0.15) is 76.6 Å². The maximum Gasteiger partial charge on any atom is 0.124 e. The molecule has 0 spiro atoms. The van der Waals surface area contributed by atoms with E-state index in [1.807, 2.05) is 36.0 Å². The van der Waals surface area contributed by atoms with Gasteiger partial charge in [-0.25, -0.2) is 0 Å². The summed E-state index contributed by atoms with van der Waals surface area (Å²) in [6, 6.07) is 32.2. The monoisotopic (exact) mass is 552 g/mol. The second kappa shape index (κ2) is 10.2. The molecule has 0 saturated heterocycles. The molecular formula is C36H40O3S. The number of rotatable bonds is 2. The van der Waals surface area contributed by atoms with Crippen LogP contribution in [0.5, 0.6) is 17.2 Å². The Morgan fingerprint density at radius 2 is 1.05 bits per heavy atom. The molecule has 0 aromatic heterocycles. The van der Waals surface area contributed by atoms with Crippen molar-refractivity contribution >= 4 is 11.8 Å². The highest BCUT2D eigenvalue weighted by Crippen LogP contribution is 2.53. The second-order valence-electron chi connectivity index (χ2n) is 12.8. The molecule has 2 aliphatic rings. The normalized spacial score (nSPS) is 23.9. The van der Waals surface area contributed by atoms with Crippen LogP contribution in [0.4, 0.5) is 0 Å². The highest BCUT2D eigenvalue weighted by molar-refractivity contribution is 8.00. The van der Waals surface area contributed by atoms with Gasteiger partial charge < -0.3 is 14.9 Å². The van der Waals surface area contributed by atoms with E-state index in [2.05, 4.69) is 90.1 Å². The molecule has 2 aliphatic heterocycles. The first kappa shape index (κ1) is 28.2. The van der Waals surface area contributed by atoms with E-state index in [-0.39, 0.29) is 21.2 Å². The predicted molar refractivity (Wildman–Crippen MR) is 166 cm³/mol. The van der Waals surface area contributed by atoms with E-state index in [0.29, 0.717) is 11.5 Å². The van der Waals surface area contributed by atoms with Crippen molar-refractivity contribution in [3.05, 3.63) is 119 Å². The van der Waals surface area contributed by atoms with E-state index in [1.165, 1.54) is 27.1 Å². The SMILES string of the molecule is CC1(C)C[C@@](C)(c2ccc(O)cc2)c2ccccc2S1.CC1(C)C[C@](C)(c2ccc(O)cc2)c2ccccc2O1. The van der Waals surface area contributed by atoms with Gasteiger partial charge >= 0.3 is 0 Å². The summed E-state index contributed by atoms with van der Waals surface area (Å²) in [5.74, 6) is 1.59. The lowest BCUT2D eigenvalue weighted by atomic mass is 9.68. The van der Waals surface area contributed by atoms with Crippen LogP contribution in [0.25, 0.3) is 0 Å². The van der Waals surface area contributed by atoms with Gasteiger partial charge in [-0.15, -0.1) is 11.8 Å². The van der Waals surface area contributed by atoms with Gasteiger partial charge in [-0.3, -0.25) is 0 Å². The molecule has 2 N–H and O–H groups in total. The van der Waals surface area contributed by atoms with E-state index >= 15 is 0 Å². The lowest BCUT2D eigenvalue weighted by Gasteiger charge is -2.44. The molecule has 0 amide bonds. The average molecular weight is 553 g/mol. The quantitative estimate of drug-likeness (QED) is 0.260. The number of thioether (sulfide) groups is 1. The van der Waals surface area contributed by atoms with Crippen molar-refractivity contribution in [1.29, 1.82) is 0 Å². The summed E-state index contributed by atoms with van der Waals surface area (Å²) >= 11 is 1.96. The summed E-state index contributed by atoms with van der Waals surface area (Å²) in [6.07, 6.45) is 1.99. The average Bonchev–Trinajstić information content (AvgIpc) is 2.88. The Bertz CT molecular complexity index is 1370. The van der Waals surface area contributed by atoms with Crippen LogP contribution >= 0.6 is 11.8 Å². The molecule has 0 fully saturated rings. The Balaban J connectivity index is 0.000000161. The molecular weight excluding hydrogens is 512 g/mol. The third kappa shape index (κ3) is 5.47. The van der Waals surface area contributed by atoms with Gasteiger partial charge in [-0.05, 0) is 73.4 Å². The number of aromatic hydroxyl groups is 2. The van der Waals surface area contributed by atoms with Gasteiger partial charge in [0.2, 0.25) is 0 Å². The molecule has 6 rings (SSSR count). The highest BCUT2D eigenvalue weighted by atomic mass is 32.2. The number of para-hydroxylation sites is 1. The van der Waals surface area contributed by atoms with E-state index < -0.39 is 0 Å². The highest BCUT2D eigenvalue weighted by Gasteiger charge is 2.43. The Kier molecular flexibility index (Phi) is 7.20. The van der Waals surface area contributed by atoms with Crippen LogP contribution < -0.4 is 4.74 Å². The minimum Gasteiger partial charge on any atom is -0.508 e. The van der Waals surface area contributed by atoms with E-state index in [4.69, 9.17) is 4.74 Å². The molecule has 0 unspecified atom stereocenters. The second-order valence-corrected chi connectivity index (χ2v) is 14.6. The summed E-state index contributed by atoms with van der Waals surface area (Å²) in [7, 11) is 0. The summed E-state index contributed by atoms with van der Waals surface area (Å²) in [4.78, 5) is 1.37. The number of benzene rings is 4. The third-order valence-corrected chi connectivity index (χ3v) is 9.58. The van der Waals surface area contributed by atoms with Gasteiger partial charge in [0.05, 0.1) is 0 Å². The van der Waals surface area contributed by atoms with Crippen molar-refractivity contribution in [2.75, 3.05) is 0 Å². The third-order valence-electron chi connectivity index (χ3n) is 8.30. The summed E-state index contributed by atoms with van der Waals surface area (Å²) in [5.41, 5.74) is 4.78. The largest absolute Gasteiger partial charge is 0.508 e. The first-order valence-corrected chi connectivity index (χ1v) is 14.8. The van der Waals surface area contributed by atoms with Gasteiger partial charge in [0.25, 0.3) is 0 Å². The van der Waals surface area contributed by atoms with Crippen molar-refractivity contribution in [2.24, 2.45) is 0 Å². The first-order valence-electron chi connectivity index (χ1n) is 14.0. The maximum atomic E-state index is 9.53. The van der Waals surface area contributed by atoms with Gasteiger partial charge in [0.1, 0.15) is 22.8 Å². The molecule has 2 atom stereocenters. The van der Waals surface area contributed by atoms with Crippen LogP contribution in [0.2, 0.25) is 0 Å². The number of ether oxygens (including phenoxy) is 1. The summed E-state index contributed by atoms with van der Waals surface area (Å²) in [6.45, 7) is 13.4. The van der Waals surface area contributed by atoms with E-state index in [0.717, 1.165) is 18.6 Å². The standard InChI is InChI=1S/C18H20O2.C18H20OS/c2*1-17(2)12-18(3,13-8-10-14(19)11-9-13)15-6-4-5-7-16(15)20-17/h2*4-11,19H,12H2,1-3H3/t2*18-/m10/s1. The fourth-order valence-corrected chi connectivity index (χ4v) is 8.26. The van der Waals surface area contributed by atoms with Gasteiger partial charge in [-0.1, -0.05) is 88.4 Å². The van der Waals surface area contributed by atoms with E-state index in [1.54, 1.807) is 24.3 Å². The Morgan fingerprint density at radius 1 is 0.575 bits per heavy atom. The van der Waals surface area contributed by atoms with Crippen molar-refractivity contribution in [2.45, 2.75) is 80.5 Å². The zero-order chi connectivity index (χ0) is 28.8. The van der Waals surface area contributed by atoms with Crippen LogP contribution in [-0.2, 0) is 10.8 Å². The van der Waals surface area contributed by atoms with Gasteiger partial charge in [-0.2, -0.15) is 0 Å². The van der Waals surface area contributed by atoms with Crippen molar-refractivity contribution in [1.82, 2.24) is 0 Å². The number of phenols is 2. The van der Waals surface area contributed by atoms with Gasteiger partial charge in [0, 0.05) is 32.5 Å². The van der Waals surface area contributed by atoms with Crippen LogP contribution in [0, 0.1) is 0 Å². The lowest BCUT2D eigenvalue weighted by molar-refractivity contribution is 0.0583. The van der Waals surface area contributed by atoms with Crippen molar-refractivity contribution in [3.63, 3.8) is 0 Å². The Hall–Kier alpha value is -3.37. The van der Waals surface area contributed by atoms with Crippen molar-refractivity contribution < 1.29 is 14.9 Å². The van der Waals surface area contributed by atoms with Crippen LogP contribution in [0.3, 0.4) is 0 Å². The maximum absolute atomic E-state index is 9.53. The summed E-state index contributed by atoms with van der Waals surface area (Å²) < 4.78 is 6.32. The van der Waals surface area contributed by atoms with Gasteiger partial charge in [0.15, 0.2) is 0 Å². The smallest absolute Gasteiger partial charge is 0.124 e. The lowest BCUT2D eigenvalue weighted by Crippen LogP contribution is -2.43. The zero-order valence-corrected chi connectivity index (χ0v) is 25.2. The number of phenolic OH excluding ortho intramolecular Hbond substituents is 2. The molecule has 4 aromatic carbocycles. The number of fused-ring (bicyclic) bond motifs is 2. The van der Waals surface area contributed by atoms with E-state index in [9.17, 15) is 10.2 Å². The minimum absolute atomic E-state index is 0.000949. The predicted octanol–water partition coefficient (Wildman–Crippen LogP) is 9.23. The minimum atomic E-state index is -0.207. The molecule has 0 aliphatic carbocycles. The fraction of sp³-hybridized carbons (Fsp3) is 0.333. The fourth-order valence-electron chi connectivity index (χ4n) is 6.76. The molecule has 40 heavy (non-hydrogen) atoms. The Labute approximate surface area is 243 Å². The first-order chi connectivity index (χ1) is 18.8. The van der Waals surface area contributed by atoms with Crippen LogP contribution in [-0.4, -0.2) is 20.6 Å². The molecule has 4 aromatic rings. The topological polar surface area (TPSA) is 49.7 Å². The molecule has 208 valence electrons. The molecule has 3 nitrogen and oxygen atoms in total. The number of hydrogen-bond donors (Lipinski definition) is 2. The molecule has 0 radical (unpaired) electrons. The zero-order valence-electron chi connectivity index (χ0n) is 24.4. The summed E-state index contributed by atoms with van der Waals surface area (Å²) in [5, 5.41) is 19.0. The molecule has 4 heteroatoms. The number of hydrogen-bond acceptors (Lipinski definition) is 4. The molecule has 0 saturated carbocycles.